The molecule has 1 aliphatic rings. The van der Waals surface area contributed by atoms with Crippen LogP contribution in [0, 0.1) is 5.92 Å². The van der Waals surface area contributed by atoms with E-state index in [4.69, 9.17) is 9.84 Å². The molecule has 4 nitrogen and oxygen atoms in total. The van der Waals surface area contributed by atoms with Crippen LogP contribution in [0.3, 0.4) is 0 Å². The number of benzene rings is 1. The Bertz CT molecular complexity index is 458. The first kappa shape index (κ1) is 18.2. The Kier molecular flexibility index (Phi) is 6.45. The minimum atomic E-state index is -0.483. The standard InChI is InChI=1S/C19H31NO3/c1-19(2,3)16-4-6-18(7-5-16)23-14-17(22)12-20-10-8-15(13-21)9-11-20/h4-7,15,17,21-22H,8-14H2,1-3H3. The Morgan fingerprint density at radius 1 is 1.17 bits per heavy atom. The monoisotopic (exact) mass is 321 g/mol. The quantitative estimate of drug-likeness (QED) is 0.845. The van der Waals surface area contributed by atoms with Crippen LogP contribution in [0.1, 0.15) is 39.2 Å². The molecular formula is C19H31NO3. The SMILES string of the molecule is CC(C)(C)c1ccc(OCC(O)CN2CCC(CO)CC2)cc1. The molecule has 0 aliphatic carbocycles. The Morgan fingerprint density at radius 3 is 2.30 bits per heavy atom. The molecular weight excluding hydrogens is 290 g/mol. The van der Waals surface area contributed by atoms with Crippen LogP contribution >= 0.6 is 0 Å². The van der Waals surface area contributed by atoms with E-state index in [0.29, 0.717) is 19.1 Å². The number of hydrogen-bond acceptors (Lipinski definition) is 4. The van der Waals surface area contributed by atoms with Crippen LogP contribution in [0.2, 0.25) is 0 Å². The summed E-state index contributed by atoms with van der Waals surface area (Å²) in [6.45, 7) is 9.69. The number of piperidine rings is 1. The number of β-amino-alcohol motifs (C(OH)–C–C–N with tert-alkyl or cyclic N) is 1. The maximum Gasteiger partial charge on any atom is 0.119 e. The molecule has 0 bridgehead atoms. The van der Waals surface area contributed by atoms with Crippen molar-refractivity contribution in [1.29, 1.82) is 0 Å². The molecule has 1 aliphatic heterocycles. The minimum Gasteiger partial charge on any atom is -0.491 e. The molecule has 1 fully saturated rings. The highest BCUT2D eigenvalue weighted by Gasteiger charge is 2.20. The second kappa shape index (κ2) is 8.13. The minimum absolute atomic E-state index is 0.138. The van der Waals surface area contributed by atoms with Crippen molar-refractivity contribution in [2.75, 3.05) is 32.8 Å². The van der Waals surface area contributed by atoms with Crippen LogP contribution in [0.15, 0.2) is 24.3 Å². The summed E-state index contributed by atoms with van der Waals surface area (Å²) in [5.41, 5.74) is 1.41. The largest absolute Gasteiger partial charge is 0.491 e. The second-order valence-corrected chi connectivity index (χ2v) is 7.67. The van der Waals surface area contributed by atoms with Gasteiger partial charge in [0.2, 0.25) is 0 Å². The lowest BCUT2D eigenvalue weighted by Gasteiger charge is -2.32. The fraction of sp³-hybridized carbons (Fsp3) is 0.684. The van der Waals surface area contributed by atoms with Gasteiger partial charge in [-0.15, -0.1) is 0 Å². The predicted octanol–water partition coefficient (Wildman–Crippen LogP) is 2.43. The molecule has 23 heavy (non-hydrogen) atoms. The van der Waals surface area contributed by atoms with Crippen molar-refractivity contribution < 1.29 is 14.9 Å². The third-order valence-corrected chi connectivity index (χ3v) is 4.60. The molecule has 2 N–H and O–H groups in total. The predicted molar refractivity (Wildman–Crippen MR) is 92.9 cm³/mol. The van der Waals surface area contributed by atoms with Crippen molar-refractivity contribution in [3.8, 4) is 5.75 Å². The third kappa shape index (κ3) is 5.79. The van der Waals surface area contributed by atoms with Gasteiger partial charge in [0.1, 0.15) is 18.5 Å². The van der Waals surface area contributed by atoms with Gasteiger partial charge in [0.25, 0.3) is 0 Å². The highest BCUT2D eigenvalue weighted by molar-refractivity contribution is 5.31. The van der Waals surface area contributed by atoms with Crippen LogP contribution in [-0.4, -0.2) is 54.1 Å². The van der Waals surface area contributed by atoms with Gasteiger partial charge in [-0.05, 0) is 55.0 Å². The molecule has 0 saturated carbocycles. The van der Waals surface area contributed by atoms with Crippen molar-refractivity contribution in [3.63, 3.8) is 0 Å². The number of nitrogens with zero attached hydrogens (tertiary/aromatic N) is 1. The average molecular weight is 321 g/mol. The molecule has 1 heterocycles. The number of hydrogen-bond donors (Lipinski definition) is 2. The number of ether oxygens (including phenoxy) is 1. The van der Waals surface area contributed by atoms with Crippen molar-refractivity contribution in [2.24, 2.45) is 5.92 Å². The van der Waals surface area contributed by atoms with Gasteiger partial charge in [-0.1, -0.05) is 32.9 Å². The smallest absolute Gasteiger partial charge is 0.119 e. The van der Waals surface area contributed by atoms with Crippen molar-refractivity contribution in [2.45, 2.75) is 45.1 Å². The normalized spacial score (nSPS) is 18.8. The van der Waals surface area contributed by atoms with Gasteiger partial charge in [-0.2, -0.15) is 0 Å². The molecule has 1 aromatic carbocycles. The lowest BCUT2D eigenvalue weighted by molar-refractivity contribution is 0.0488. The summed E-state index contributed by atoms with van der Waals surface area (Å²) in [4.78, 5) is 2.25. The molecule has 2 rings (SSSR count). The summed E-state index contributed by atoms with van der Waals surface area (Å²) < 4.78 is 5.70. The summed E-state index contributed by atoms with van der Waals surface area (Å²) >= 11 is 0. The summed E-state index contributed by atoms with van der Waals surface area (Å²) in [6.07, 6.45) is 1.54. The first-order valence-electron chi connectivity index (χ1n) is 8.63. The van der Waals surface area contributed by atoms with Gasteiger partial charge in [-0.3, -0.25) is 0 Å². The summed E-state index contributed by atoms with van der Waals surface area (Å²) in [5.74, 6) is 1.23. The first-order chi connectivity index (χ1) is 10.9. The number of rotatable bonds is 6. The van der Waals surface area contributed by atoms with Gasteiger partial charge < -0.3 is 19.8 Å². The van der Waals surface area contributed by atoms with Crippen molar-refractivity contribution >= 4 is 0 Å². The van der Waals surface area contributed by atoms with Crippen LogP contribution in [0.25, 0.3) is 0 Å². The molecule has 0 spiro atoms. The number of aliphatic hydroxyl groups is 2. The van der Waals surface area contributed by atoms with Crippen LogP contribution in [0.5, 0.6) is 5.75 Å². The van der Waals surface area contributed by atoms with Gasteiger partial charge in [-0.25, -0.2) is 0 Å². The van der Waals surface area contributed by atoms with E-state index in [-0.39, 0.29) is 12.0 Å². The lowest BCUT2D eigenvalue weighted by Crippen LogP contribution is -2.41. The Balaban J connectivity index is 1.73. The number of aliphatic hydroxyl groups excluding tert-OH is 2. The van der Waals surface area contributed by atoms with Crippen LogP contribution < -0.4 is 4.74 Å². The zero-order valence-corrected chi connectivity index (χ0v) is 14.7. The van der Waals surface area contributed by atoms with E-state index in [2.05, 4.69) is 37.8 Å². The molecule has 1 atom stereocenters. The fourth-order valence-corrected chi connectivity index (χ4v) is 2.95. The summed E-state index contributed by atoms with van der Waals surface area (Å²) in [6, 6.07) is 8.11. The van der Waals surface area contributed by atoms with E-state index in [9.17, 15) is 5.11 Å². The van der Waals surface area contributed by atoms with Gasteiger partial charge in [0, 0.05) is 13.2 Å². The average Bonchev–Trinajstić information content (AvgIpc) is 2.53. The Morgan fingerprint density at radius 2 is 1.78 bits per heavy atom. The van der Waals surface area contributed by atoms with E-state index >= 15 is 0 Å². The molecule has 4 heteroatoms. The van der Waals surface area contributed by atoms with E-state index < -0.39 is 6.10 Å². The zero-order valence-electron chi connectivity index (χ0n) is 14.7. The first-order valence-corrected chi connectivity index (χ1v) is 8.63. The Hall–Kier alpha value is -1.10. The maximum absolute atomic E-state index is 10.2. The molecule has 130 valence electrons. The van der Waals surface area contributed by atoms with Crippen LogP contribution in [-0.2, 0) is 5.41 Å². The number of likely N-dealkylation sites (tertiary alicyclic amines) is 1. The third-order valence-electron chi connectivity index (χ3n) is 4.60. The van der Waals surface area contributed by atoms with Gasteiger partial charge in [0.15, 0.2) is 0 Å². The maximum atomic E-state index is 10.2. The van der Waals surface area contributed by atoms with E-state index in [1.165, 1.54) is 5.56 Å². The molecule has 1 aromatic rings. The zero-order chi connectivity index (χ0) is 16.9. The highest BCUT2D eigenvalue weighted by atomic mass is 16.5. The molecule has 1 unspecified atom stereocenters. The Labute approximate surface area is 140 Å². The topological polar surface area (TPSA) is 52.9 Å². The summed E-state index contributed by atoms with van der Waals surface area (Å²) in [7, 11) is 0. The van der Waals surface area contributed by atoms with E-state index in [0.717, 1.165) is 31.7 Å². The molecule has 1 saturated heterocycles. The second-order valence-electron chi connectivity index (χ2n) is 7.67. The van der Waals surface area contributed by atoms with E-state index in [1.54, 1.807) is 0 Å². The van der Waals surface area contributed by atoms with Crippen LogP contribution in [0.4, 0.5) is 0 Å². The van der Waals surface area contributed by atoms with E-state index in [1.807, 2.05) is 12.1 Å². The van der Waals surface area contributed by atoms with Gasteiger partial charge in [0.05, 0.1) is 0 Å². The van der Waals surface area contributed by atoms with Gasteiger partial charge >= 0.3 is 0 Å². The van der Waals surface area contributed by atoms with Crippen molar-refractivity contribution in [3.05, 3.63) is 29.8 Å². The summed E-state index contributed by atoms with van der Waals surface area (Å²) in [5, 5.41) is 19.3. The highest BCUT2D eigenvalue weighted by Crippen LogP contribution is 2.24. The molecule has 0 radical (unpaired) electrons. The lowest BCUT2D eigenvalue weighted by atomic mass is 9.87. The molecule has 0 aromatic heterocycles. The molecule has 0 amide bonds. The van der Waals surface area contributed by atoms with Crippen molar-refractivity contribution in [1.82, 2.24) is 4.90 Å². The fourth-order valence-electron chi connectivity index (χ4n) is 2.95.